The number of hydrogen-bond donors (Lipinski definition) is 1. The summed E-state index contributed by atoms with van der Waals surface area (Å²) in [7, 11) is 0. The van der Waals surface area contributed by atoms with Crippen molar-refractivity contribution >= 4 is 17.4 Å². The van der Waals surface area contributed by atoms with Crippen LogP contribution in [-0.2, 0) is 17.6 Å². The van der Waals surface area contributed by atoms with Gasteiger partial charge in [0.25, 0.3) is 0 Å². The van der Waals surface area contributed by atoms with Gasteiger partial charge >= 0.3 is 0 Å². The van der Waals surface area contributed by atoms with Gasteiger partial charge in [0.2, 0.25) is 0 Å². The van der Waals surface area contributed by atoms with Crippen molar-refractivity contribution in [3.05, 3.63) is 64.4 Å². The van der Waals surface area contributed by atoms with E-state index < -0.39 is 0 Å². The second kappa shape index (κ2) is 7.71. The van der Waals surface area contributed by atoms with Crippen LogP contribution in [0.3, 0.4) is 0 Å². The summed E-state index contributed by atoms with van der Waals surface area (Å²) in [5.74, 6) is 0.801. The first-order chi connectivity index (χ1) is 11.2. The van der Waals surface area contributed by atoms with Crippen LogP contribution < -0.4 is 5.32 Å². The largest absolute Gasteiger partial charge is 0.316 e. The molecule has 1 N–H and O–H groups in total. The van der Waals surface area contributed by atoms with Crippen molar-refractivity contribution in [3.8, 4) is 0 Å². The highest BCUT2D eigenvalue weighted by Crippen LogP contribution is 2.23. The molecule has 1 aromatic heterocycles. The van der Waals surface area contributed by atoms with Crippen molar-refractivity contribution in [2.24, 2.45) is 0 Å². The van der Waals surface area contributed by atoms with E-state index >= 15 is 0 Å². The average molecular weight is 329 g/mol. The van der Waals surface area contributed by atoms with E-state index in [0.29, 0.717) is 23.9 Å². The minimum absolute atomic E-state index is 0.196. The summed E-state index contributed by atoms with van der Waals surface area (Å²) < 4.78 is 0. The SMILES string of the molecule is O=C(Cc1ccc(C2CCCNC2)cc1)Cc1ccc(Cl)nc1. The topological polar surface area (TPSA) is 42.0 Å². The van der Waals surface area contributed by atoms with E-state index in [2.05, 4.69) is 34.6 Å². The predicted molar refractivity (Wildman–Crippen MR) is 92.9 cm³/mol. The number of halogens is 1. The van der Waals surface area contributed by atoms with Crippen molar-refractivity contribution in [1.82, 2.24) is 10.3 Å². The van der Waals surface area contributed by atoms with Gasteiger partial charge in [0, 0.05) is 25.6 Å². The Bertz CT molecular complexity index is 646. The van der Waals surface area contributed by atoms with Crippen LogP contribution in [0.5, 0.6) is 0 Å². The van der Waals surface area contributed by atoms with Gasteiger partial charge in [-0.05, 0) is 48.1 Å². The van der Waals surface area contributed by atoms with Crippen molar-refractivity contribution in [2.75, 3.05) is 13.1 Å². The lowest BCUT2D eigenvalue weighted by atomic mass is 9.90. The molecule has 120 valence electrons. The van der Waals surface area contributed by atoms with E-state index in [1.165, 1.54) is 18.4 Å². The molecule has 3 nitrogen and oxygen atoms in total. The number of nitrogens with one attached hydrogen (secondary N) is 1. The van der Waals surface area contributed by atoms with E-state index in [0.717, 1.165) is 24.2 Å². The van der Waals surface area contributed by atoms with Gasteiger partial charge in [0.1, 0.15) is 10.9 Å². The molecule has 0 bridgehead atoms. The Balaban J connectivity index is 1.57. The molecular formula is C19H21ClN2O. The smallest absolute Gasteiger partial charge is 0.141 e. The van der Waals surface area contributed by atoms with Crippen LogP contribution in [0.4, 0.5) is 0 Å². The highest BCUT2D eigenvalue weighted by atomic mass is 35.5. The first kappa shape index (κ1) is 16.2. The molecule has 0 spiro atoms. The maximum Gasteiger partial charge on any atom is 0.141 e. The fourth-order valence-electron chi connectivity index (χ4n) is 3.07. The molecule has 1 unspecified atom stereocenters. The van der Waals surface area contributed by atoms with E-state index in [1.54, 1.807) is 12.3 Å². The lowest BCUT2D eigenvalue weighted by molar-refractivity contribution is -0.117. The number of nitrogens with zero attached hydrogens (tertiary/aromatic N) is 1. The summed E-state index contributed by atoms with van der Waals surface area (Å²) in [6.45, 7) is 2.19. The molecule has 0 aliphatic carbocycles. The molecule has 3 rings (SSSR count). The molecule has 2 heterocycles. The summed E-state index contributed by atoms with van der Waals surface area (Å²) in [6.07, 6.45) is 5.01. The van der Waals surface area contributed by atoms with Crippen LogP contribution >= 0.6 is 11.6 Å². The van der Waals surface area contributed by atoms with Crippen LogP contribution in [0.2, 0.25) is 5.15 Å². The number of ketones is 1. The number of benzene rings is 1. The third-order valence-electron chi connectivity index (χ3n) is 4.34. The average Bonchev–Trinajstić information content (AvgIpc) is 2.58. The fraction of sp³-hybridized carbons (Fsp3) is 0.368. The zero-order valence-electron chi connectivity index (χ0n) is 13.1. The highest BCUT2D eigenvalue weighted by Gasteiger charge is 2.15. The molecule has 0 amide bonds. The van der Waals surface area contributed by atoms with E-state index in [4.69, 9.17) is 11.6 Å². The Hall–Kier alpha value is -1.71. The highest BCUT2D eigenvalue weighted by molar-refractivity contribution is 6.29. The minimum atomic E-state index is 0.196. The van der Waals surface area contributed by atoms with Crippen LogP contribution in [0.25, 0.3) is 0 Å². The monoisotopic (exact) mass is 328 g/mol. The number of Topliss-reactive ketones (excluding diaryl/α,β-unsaturated/α-hetero) is 1. The molecule has 4 heteroatoms. The van der Waals surface area contributed by atoms with Gasteiger partial charge in [-0.25, -0.2) is 4.98 Å². The zero-order valence-corrected chi connectivity index (χ0v) is 13.9. The predicted octanol–water partition coefficient (Wildman–Crippen LogP) is 3.56. The molecule has 1 aliphatic rings. The van der Waals surface area contributed by atoms with E-state index in [-0.39, 0.29) is 5.78 Å². The maximum atomic E-state index is 12.2. The van der Waals surface area contributed by atoms with Crippen molar-refractivity contribution in [1.29, 1.82) is 0 Å². The van der Waals surface area contributed by atoms with Gasteiger partial charge in [-0.1, -0.05) is 41.9 Å². The lowest BCUT2D eigenvalue weighted by Crippen LogP contribution is -2.28. The lowest BCUT2D eigenvalue weighted by Gasteiger charge is -2.23. The van der Waals surface area contributed by atoms with Crippen LogP contribution in [0, 0.1) is 0 Å². The number of piperidine rings is 1. The molecule has 0 saturated carbocycles. The summed E-state index contributed by atoms with van der Waals surface area (Å²) in [6, 6.07) is 12.1. The molecular weight excluding hydrogens is 308 g/mol. The van der Waals surface area contributed by atoms with Crippen LogP contribution in [0.1, 0.15) is 35.4 Å². The molecule has 1 fully saturated rings. The van der Waals surface area contributed by atoms with Gasteiger partial charge in [0.15, 0.2) is 0 Å². The number of carbonyl (C=O) groups excluding carboxylic acids is 1. The summed E-state index contributed by atoms with van der Waals surface area (Å²) in [5, 5.41) is 3.89. The van der Waals surface area contributed by atoms with Gasteiger partial charge in [-0.2, -0.15) is 0 Å². The Labute approximate surface area is 142 Å². The molecule has 1 atom stereocenters. The number of aromatic nitrogens is 1. The van der Waals surface area contributed by atoms with Crippen molar-refractivity contribution in [3.63, 3.8) is 0 Å². The normalized spacial score (nSPS) is 17.9. The van der Waals surface area contributed by atoms with E-state index in [9.17, 15) is 4.79 Å². The van der Waals surface area contributed by atoms with E-state index in [1.807, 2.05) is 6.07 Å². The van der Waals surface area contributed by atoms with Gasteiger partial charge in [0.05, 0.1) is 0 Å². The first-order valence-electron chi connectivity index (χ1n) is 8.12. The minimum Gasteiger partial charge on any atom is -0.316 e. The van der Waals surface area contributed by atoms with Gasteiger partial charge in [-0.15, -0.1) is 0 Å². The zero-order chi connectivity index (χ0) is 16.1. The standard InChI is InChI=1S/C19H21ClN2O/c20-19-8-5-15(12-22-19)11-18(23)10-14-3-6-16(7-4-14)17-2-1-9-21-13-17/h3-8,12,17,21H,1-2,9-11,13H2. The Kier molecular flexibility index (Phi) is 5.42. The summed E-state index contributed by atoms with van der Waals surface area (Å²) >= 11 is 5.76. The Morgan fingerprint density at radius 1 is 1.13 bits per heavy atom. The first-order valence-corrected chi connectivity index (χ1v) is 8.50. The molecule has 1 aromatic carbocycles. The summed E-state index contributed by atoms with van der Waals surface area (Å²) in [4.78, 5) is 16.2. The summed E-state index contributed by atoms with van der Waals surface area (Å²) in [5.41, 5.74) is 3.35. The number of hydrogen-bond acceptors (Lipinski definition) is 3. The van der Waals surface area contributed by atoms with Gasteiger partial charge in [-0.3, -0.25) is 4.79 Å². The molecule has 1 aliphatic heterocycles. The molecule has 2 aromatic rings. The van der Waals surface area contributed by atoms with Crippen molar-refractivity contribution < 1.29 is 4.79 Å². The van der Waals surface area contributed by atoms with Crippen LogP contribution in [0.15, 0.2) is 42.6 Å². The second-order valence-electron chi connectivity index (χ2n) is 6.17. The third-order valence-corrected chi connectivity index (χ3v) is 4.56. The van der Waals surface area contributed by atoms with Gasteiger partial charge < -0.3 is 5.32 Å². The van der Waals surface area contributed by atoms with Crippen LogP contribution in [-0.4, -0.2) is 23.9 Å². The Morgan fingerprint density at radius 3 is 2.52 bits per heavy atom. The third kappa shape index (κ3) is 4.63. The number of pyridine rings is 1. The fourth-order valence-corrected chi connectivity index (χ4v) is 3.18. The quantitative estimate of drug-likeness (QED) is 0.853. The Morgan fingerprint density at radius 2 is 1.87 bits per heavy atom. The number of carbonyl (C=O) groups is 1. The second-order valence-corrected chi connectivity index (χ2v) is 6.55. The van der Waals surface area contributed by atoms with Crippen molar-refractivity contribution in [2.45, 2.75) is 31.6 Å². The maximum absolute atomic E-state index is 12.2. The molecule has 0 radical (unpaired) electrons. The molecule has 23 heavy (non-hydrogen) atoms. The number of rotatable bonds is 5. The molecule has 1 saturated heterocycles.